The molecule has 0 amide bonds. The van der Waals surface area contributed by atoms with Crippen LogP contribution in [0, 0.1) is 0 Å². The van der Waals surface area contributed by atoms with Crippen LogP contribution in [-0.4, -0.2) is 26.0 Å². The summed E-state index contributed by atoms with van der Waals surface area (Å²) in [5.41, 5.74) is 2.99. The van der Waals surface area contributed by atoms with Crippen LogP contribution in [0.1, 0.15) is 52.3 Å². The van der Waals surface area contributed by atoms with Crippen molar-refractivity contribution in [1.82, 2.24) is 14.8 Å². The van der Waals surface area contributed by atoms with Crippen LogP contribution in [0.3, 0.4) is 0 Å². The molecule has 0 atom stereocenters. The summed E-state index contributed by atoms with van der Waals surface area (Å²) in [6, 6.07) is 7.92. The maximum atomic E-state index is 13.1. The van der Waals surface area contributed by atoms with E-state index in [0.717, 1.165) is 34.5 Å². The Hall–Kier alpha value is -2.21. The number of aliphatic imine (C=N–C) groups is 1. The fourth-order valence-corrected chi connectivity index (χ4v) is 3.86. The molecule has 6 heteroatoms. The van der Waals surface area contributed by atoms with Crippen LogP contribution in [-0.2, 0) is 6.42 Å². The van der Waals surface area contributed by atoms with Crippen LogP contribution in [0.15, 0.2) is 34.1 Å². The highest BCUT2D eigenvalue weighted by molar-refractivity contribution is 7.20. The first-order valence-corrected chi connectivity index (χ1v) is 9.38. The fraction of sp³-hybridized carbons (Fsp3) is 0.421. The summed E-state index contributed by atoms with van der Waals surface area (Å²) < 4.78 is 2.63. The van der Waals surface area contributed by atoms with Crippen molar-refractivity contribution in [3.05, 3.63) is 45.9 Å². The van der Waals surface area contributed by atoms with E-state index >= 15 is 0 Å². The average Bonchev–Trinajstić information content (AvgIpc) is 3.06. The first kappa shape index (κ1) is 17.6. The van der Waals surface area contributed by atoms with E-state index in [-0.39, 0.29) is 11.1 Å². The molecule has 0 fully saturated rings. The van der Waals surface area contributed by atoms with Crippen molar-refractivity contribution in [2.75, 3.05) is 0 Å². The molecule has 1 aromatic carbocycles. The molecule has 1 N–H and O–H groups in total. The van der Waals surface area contributed by atoms with E-state index in [1.165, 1.54) is 11.3 Å². The van der Waals surface area contributed by atoms with Gasteiger partial charge < -0.3 is 0 Å². The Labute approximate surface area is 151 Å². The third kappa shape index (κ3) is 3.58. The molecular weight excluding hydrogens is 332 g/mol. The number of H-pyrrole nitrogens is 1. The van der Waals surface area contributed by atoms with Gasteiger partial charge >= 0.3 is 0 Å². The van der Waals surface area contributed by atoms with Crippen molar-refractivity contribution in [3.63, 3.8) is 0 Å². The van der Waals surface area contributed by atoms with Gasteiger partial charge in [-0.1, -0.05) is 36.8 Å². The first-order valence-electron chi connectivity index (χ1n) is 8.57. The predicted octanol–water partition coefficient (Wildman–Crippen LogP) is 4.34. The van der Waals surface area contributed by atoms with Crippen molar-refractivity contribution < 1.29 is 0 Å². The highest BCUT2D eigenvalue weighted by atomic mass is 32.1. The van der Waals surface area contributed by atoms with E-state index in [0.29, 0.717) is 10.7 Å². The number of hydrogen-bond donors (Lipinski definition) is 1. The van der Waals surface area contributed by atoms with Crippen LogP contribution < -0.4 is 5.56 Å². The third-order valence-corrected chi connectivity index (χ3v) is 4.83. The predicted molar refractivity (Wildman–Crippen MR) is 106 cm³/mol. The lowest BCUT2D eigenvalue weighted by atomic mass is 10.1. The molecule has 0 unspecified atom stereocenters. The van der Waals surface area contributed by atoms with Gasteiger partial charge in [0.1, 0.15) is 0 Å². The van der Waals surface area contributed by atoms with Gasteiger partial charge in [0.25, 0.3) is 5.56 Å². The number of fused-ring (bicyclic) bond motifs is 1. The molecule has 2 heterocycles. The zero-order valence-electron chi connectivity index (χ0n) is 15.4. The zero-order valence-corrected chi connectivity index (χ0v) is 16.2. The smallest absolute Gasteiger partial charge is 0.282 e. The van der Waals surface area contributed by atoms with Gasteiger partial charge in [0.05, 0.1) is 21.3 Å². The van der Waals surface area contributed by atoms with Gasteiger partial charge in [-0.15, -0.1) is 0 Å². The highest BCUT2D eigenvalue weighted by Crippen LogP contribution is 2.24. The summed E-state index contributed by atoms with van der Waals surface area (Å²) in [6.07, 6.45) is 1.76. The zero-order chi connectivity index (χ0) is 18.2. The SMILES string of the molecule is CCCc1[nH]n(-c2nc3ccccc3s2)c(=O)c1C(C)=NC(C)(C)C. The van der Waals surface area contributed by atoms with Gasteiger partial charge in [-0.05, 0) is 46.2 Å². The lowest BCUT2D eigenvalue weighted by Crippen LogP contribution is -2.22. The molecule has 0 spiro atoms. The number of para-hydroxylation sites is 1. The molecule has 5 nitrogen and oxygen atoms in total. The molecule has 0 aliphatic heterocycles. The maximum Gasteiger partial charge on any atom is 0.282 e. The minimum absolute atomic E-state index is 0.0759. The van der Waals surface area contributed by atoms with E-state index in [9.17, 15) is 4.79 Å². The first-order chi connectivity index (χ1) is 11.8. The summed E-state index contributed by atoms with van der Waals surface area (Å²) in [5, 5.41) is 3.93. The van der Waals surface area contributed by atoms with Gasteiger partial charge in [0.15, 0.2) is 0 Å². The number of hydrogen-bond acceptors (Lipinski definition) is 4. The van der Waals surface area contributed by atoms with E-state index in [1.807, 2.05) is 52.0 Å². The van der Waals surface area contributed by atoms with E-state index in [1.54, 1.807) is 4.68 Å². The van der Waals surface area contributed by atoms with E-state index in [4.69, 9.17) is 4.99 Å². The Morgan fingerprint density at radius 3 is 2.68 bits per heavy atom. The highest BCUT2D eigenvalue weighted by Gasteiger charge is 2.20. The molecule has 0 aliphatic carbocycles. The van der Waals surface area contributed by atoms with Gasteiger partial charge in [0.2, 0.25) is 5.13 Å². The van der Waals surface area contributed by atoms with Crippen molar-refractivity contribution in [2.45, 2.75) is 53.0 Å². The molecule has 0 saturated heterocycles. The molecule has 0 bridgehead atoms. The minimum Gasteiger partial charge on any atom is -0.292 e. The molecular formula is C19H24N4OS. The Bertz CT molecular complexity index is 952. The molecule has 0 saturated carbocycles. The summed E-state index contributed by atoms with van der Waals surface area (Å²) in [4.78, 5) is 22.4. The number of thiazole rings is 1. The lowest BCUT2D eigenvalue weighted by molar-refractivity contribution is 0.583. The van der Waals surface area contributed by atoms with Crippen molar-refractivity contribution in [3.8, 4) is 5.13 Å². The number of aromatic amines is 1. The molecule has 2 aromatic heterocycles. The second kappa shape index (κ2) is 6.59. The Kier molecular flexibility index (Phi) is 4.64. The number of nitrogens with zero attached hydrogens (tertiary/aromatic N) is 3. The number of benzene rings is 1. The van der Waals surface area contributed by atoms with Crippen LogP contribution in [0.5, 0.6) is 0 Å². The summed E-state index contributed by atoms with van der Waals surface area (Å²) in [5.74, 6) is 0. The average molecular weight is 356 g/mol. The normalized spacial score (nSPS) is 12.9. The minimum atomic E-state index is -0.224. The molecule has 25 heavy (non-hydrogen) atoms. The summed E-state index contributed by atoms with van der Waals surface area (Å²) in [6.45, 7) is 10.1. The number of nitrogens with one attached hydrogen (secondary N) is 1. The third-order valence-electron chi connectivity index (χ3n) is 3.80. The standard InChI is InChI=1S/C19H24N4OS/c1-6-9-14-16(12(2)21-19(3,4)5)17(24)23(22-14)18-20-13-10-7-8-11-15(13)25-18/h7-8,10-11,22H,6,9H2,1-5H3. The lowest BCUT2D eigenvalue weighted by Gasteiger charge is -2.13. The van der Waals surface area contributed by atoms with Crippen LogP contribution in [0.2, 0.25) is 0 Å². The second-order valence-corrected chi connectivity index (χ2v) is 8.20. The number of rotatable bonds is 4. The van der Waals surface area contributed by atoms with Gasteiger partial charge in [-0.2, -0.15) is 4.68 Å². The van der Waals surface area contributed by atoms with E-state index in [2.05, 4.69) is 17.0 Å². The second-order valence-electron chi connectivity index (χ2n) is 7.19. The Balaban J connectivity index is 2.17. The summed E-state index contributed by atoms with van der Waals surface area (Å²) in [7, 11) is 0. The molecule has 0 aliphatic rings. The van der Waals surface area contributed by atoms with Crippen LogP contribution in [0.25, 0.3) is 15.3 Å². The monoisotopic (exact) mass is 356 g/mol. The largest absolute Gasteiger partial charge is 0.292 e. The number of aryl methyl sites for hydroxylation is 1. The maximum absolute atomic E-state index is 13.1. The van der Waals surface area contributed by atoms with Crippen molar-refractivity contribution in [2.24, 2.45) is 4.99 Å². The quantitative estimate of drug-likeness (QED) is 0.707. The molecule has 3 rings (SSSR count). The van der Waals surface area contributed by atoms with Gasteiger partial charge in [-0.25, -0.2) is 4.98 Å². The molecule has 3 aromatic rings. The molecule has 132 valence electrons. The van der Waals surface area contributed by atoms with E-state index < -0.39 is 0 Å². The van der Waals surface area contributed by atoms with Crippen molar-refractivity contribution in [1.29, 1.82) is 0 Å². The Morgan fingerprint density at radius 1 is 1.32 bits per heavy atom. The van der Waals surface area contributed by atoms with Crippen LogP contribution >= 0.6 is 11.3 Å². The Morgan fingerprint density at radius 2 is 2.04 bits per heavy atom. The fourth-order valence-electron chi connectivity index (χ4n) is 2.94. The van der Waals surface area contributed by atoms with Crippen molar-refractivity contribution >= 4 is 27.3 Å². The van der Waals surface area contributed by atoms with Crippen LogP contribution in [0.4, 0.5) is 0 Å². The number of aromatic nitrogens is 3. The molecule has 0 radical (unpaired) electrons. The topological polar surface area (TPSA) is 63.0 Å². The van der Waals surface area contributed by atoms with Gasteiger partial charge in [0, 0.05) is 11.4 Å². The summed E-state index contributed by atoms with van der Waals surface area (Å²) >= 11 is 1.51. The van der Waals surface area contributed by atoms with Gasteiger partial charge in [-0.3, -0.25) is 14.9 Å².